The van der Waals surface area contributed by atoms with Gasteiger partial charge in [-0.1, -0.05) is 25.1 Å². The molecule has 1 N–H and O–H groups in total. The van der Waals surface area contributed by atoms with Crippen LogP contribution in [0.4, 0.5) is 10.2 Å². The van der Waals surface area contributed by atoms with Gasteiger partial charge in [0.05, 0.1) is 12.4 Å². The lowest BCUT2D eigenvalue weighted by molar-refractivity contribution is -0.0230. The highest BCUT2D eigenvalue weighted by Crippen LogP contribution is 2.51. The molecule has 3 heterocycles. The summed E-state index contributed by atoms with van der Waals surface area (Å²) in [6, 6.07) is 8.90. The molecule has 1 saturated heterocycles. The zero-order valence-electron chi connectivity index (χ0n) is 23.3. The van der Waals surface area contributed by atoms with Gasteiger partial charge in [0.25, 0.3) is 14.4 Å². The van der Waals surface area contributed by atoms with Gasteiger partial charge in [0.1, 0.15) is 19.0 Å². The van der Waals surface area contributed by atoms with E-state index in [2.05, 4.69) is 29.8 Å². The molecule has 40 heavy (non-hydrogen) atoms. The fourth-order valence-electron chi connectivity index (χ4n) is 4.66. The van der Waals surface area contributed by atoms with Gasteiger partial charge < -0.3 is 23.9 Å². The highest BCUT2D eigenvalue weighted by Gasteiger charge is 2.49. The Labute approximate surface area is 234 Å². The number of alkyl halides is 1. The number of nitrogens with zero attached hydrogens (tertiary/aromatic N) is 6. The molecule has 0 radical (unpaired) electrons. The molecule has 0 aliphatic carbocycles. The predicted molar refractivity (Wildman–Crippen MR) is 150 cm³/mol. The molecule has 1 aromatic carbocycles. The van der Waals surface area contributed by atoms with Gasteiger partial charge in [-0.05, 0) is 46.2 Å². The molecule has 1 amide bonds. The molecule has 0 bridgehead atoms. The van der Waals surface area contributed by atoms with E-state index in [-0.39, 0.29) is 37.0 Å². The molecular formula is C27H35FN7O4P. The van der Waals surface area contributed by atoms with E-state index in [4.69, 9.17) is 20.4 Å². The first kappa shape index (κ1) is 29.9. The maximum Gasteiger partial charge on any atom is 0.259 e. The number of hydrogen-bond acceptors (Lipinski definition) is 8. The summed E-state index contributed by atoms with van der Waals surface area (Å²) in [5.74, 6) is -0.131. The first-order valence-corrected chi connectivity index (χ1v) is 14.4. The van der Waals surface area contributed by atoms with Gasteiger partial charge in [-0.15, -0.1) is 0 Å². The van der Waals surface area contributed by atoms with E-state index < -0.39 is 33.1 Å². The maximum absolute atomic E-state index is 16.2. The lowest BCUT2D eigenvalue weighted by Gasteiger charge is -2.37. The largest absolute Gasteiger partial charge is 0.349 e. The van der Waals surface area contributed by atoms with Crippen LogP contribution in [0.1, 0.15) is 57.6 Å². The molecule has 1 aliphatic heterocycles. The van der Waals surface area contributed by atoms with Crippen LogP contribution in [0.5, 0.6) is 0 Å². The number of rotatable bonds is 12. The third kappa shape index (κ3) is 6.45. The summed E-state index contributed by atoms with van der Waals surface area (Å²) in [4.78, 5) is 29.0. The second-order valence-corrected chi connectivity index (χ2v) is 11.3. The summed E-state index contributed by atoms with van der Waals surface area (Å²) in [7, 11) is -1.66. The Morgan fingerprint density at radius 2 is 1.95 bits per heavy atom. The van der Waals surface area contributed by atoms with Crippen molar-refractivity contribution in [2.75, 3.05) is 18.5 Å². The number of ether oxygens (including phenoxy) is 1. The molecule has 11 nitrogen and oxygen atoms in total. The van der Waals surface area contributed by atoms with Crippen LogP contribution in [-0.2, 0) is 13.8 Å². The molecule has 214 valence electrons. The SMILES string of the molecule is [C-]#[N+]CCOP(OC1[C@@H](CC)O[C@@H](n2cnc3c(NC(=O)c4ccccc4)ncnc32)[C@H]1F)N(C(C)C)C(C)C. The van der Waals surface area contributed by atoms with Crippen LogP contribution in [0.3, 0.4) is 0 Å². The monoisotopic (exact) mass is 571 g/mol. The summed E-state index contributed by atoms with van der Waals surface area (Å²) >= 11 is 0. The minimum absolute atomic E-state index is 0.0779. The Morgan fingerprint density at radius 3 is 2.60 bits per heavy atom. The number of carbonyl (C=O) groups excluding carboxylic acids is 1. The Kier molecular flexibility index (Phi) is 10.1. The standard InChI is InChI=1S/C27H35FN7O4P/c1-7-20-23(39-40(37-14-13-29-6)35(17(2)3)18(4)5)21(28)27(38-20)34-16-32-22-24(30-15-31-25(22)34)33-26(36)19-11-9-8-10-12-19/h8-12,15-18,20-21,23,27H,7,13-14H2,1-5H3,(H,30,31,33,36)/t20-,21+,23?,27-,40?/m1/s1. The smallest absolute Gasteiger partial charge is 0.259 e. The van der Waals surface area contributed by atoms with E-state index in [0.717, 1.165) is 0 Å². The van der Waals surface area contributed by atoms with E-state index >= 15 is 4.39 Å². The summed E-state index contributed by atoms with van der Waals surface area (Å²) in [6.07, 6.45) is -0.835. The van der Waals surface area contributed by atoms with Crippen LogP contribution in [0, 0.1) is 6.57 Å². The number of anilines is 1. The van der Waals surface area contributed by atoms with Crippen molar-refractivity contribution >= 4 is 31.4 Å². The van der Waals surface area contributed by atoms with Crippen molar-refractivity contribution in [1.29, 1.82) is 0 Å². The van der Waals surface area contributed by atoms with Gasteiger partial charge >= 0.3 is 0 Å². The fourth-order valence-corrected chi connectivity index (χ4v) is 6.42. The van der Waals surface area contributed by atoms with Crippen LogP contribution in [-0.4, -0.2) is 73.7 Å². The van der Waals surface area contributed by atoms with Crippen molar-refractivity contribution in [1.82, 2.24) is 24.2 Å². The molecule has 0 spiro atoms. The molecule has 1 fully saturated rings. The third-order valence-corrected chi connectivity index (χ3v) is 8.56. The van der Waals surface area contributed by atoms with Gasteiger partial charge in [-0.2, -0.15) is 0 Å². The molecule has 13 heteroatoms. The molecule has 1 aliphatic rings. The van der Waals surface area contributed by atoms with Crippen molar-refractivity contribution in [3.8, 4) is 0 Å². The predicted octanol–water partition coefficient (Wildman–Crippen LogP) is 5.39. The number of imidazole rings is 1. The lowest BCUT2D eigenvalue weighted by Crippen LogP contribution is -2.38. The molecule has 2 unspecified atom stereocenters. The van der Waals surface area contributed by atoms with E-state index in [1.54, 1.807) is 24.3 Å². The van der Waals surface area contributed by atoms with Gasteiger partial charge in [0, 0.05) is 17.6 Å². The van der Waals surface area contributed by atoms with Crippen LogP contribution < -0.4 is 5.32 Å². The van der Waals surface area contributed by atoms with Gasteiger partial charge in [-0.3, -0.25) is 9.36 Å². The van der Waals surface area contributed by atoms with Crippen molar-refractivity contribution in [3.63, 3.8) is 0 Å². The average Bonchev–Trinajstić information content (AvgIpc) is 3.50. The molecule has 0 saturated carbocycles. The number of aromatic nitrogens is 4. The Balaban J connectivity index is 1.59. The fraction of sp³-hybridized carbons (Fsp3) is 0.519. The summed E-state index contributed by atoms with van der Waals surface area (Å²) in [6.45, 7) is 17.5. The maximum atomic E-state index is 16.2. The number of carbonyl (C=O) groups is 1. The number of benzene rings is 1. The van der Waals surface area contributed by atoms with E-state index in [1.807, 2.05) is 40.7 Å². The van der Waals surface area contributed by atoms with Gasteiger partial charge in [-0.25, -0.2) is 30.6 Å². The van der Waals surface area contributed by atoms with Crippen molar-refractivity contribution in [2.45, 2.75) is 77.7 Å². The van der Waals surface area contributed by atoms with Gasteiger partial charge in [0.15, 0.2) is 29.4 Å². The van der Waals surface area contributed by atoms with Crippen molar-refractivity contribution in [2.24, 2.45) is 0 Å². The molecule has 3 aromatic rings. The van der Waals surface area contributed by atoms with Gasteiger partial charge in [0.2, 0.25) is 6.54 Å². The highest BCUT2D eigenvalue weighted by atomic mass is 31.2. The van der Waals surface area contributed by atoms with Crippen molar-refractivity contribution < 1.29 is 23.0 Å². The summed E-state index contributed by atoms with van der Waals surface area (Å²) in [5.41, 5.74) is 1.10. The number of hydrogen-bond donors (Lipinski definition) is 1. The topological polar surface area (TPSA) is 108 Å². The third-order valence-electron chi connectivity index (χ3n) is 6.43. The molecule has 2 aromatic heterocycles. The normalized spacial score (nSPS) is 21.8. The zero-order valence-corrected chi connectivity index (χ0v) is 24.2. The number of halogens is 1. The van der Waals surface area contributed by atoms with E-state index in [9.17, 15) is 4.79 Å². The first-order chi connectivity index (χ1) is 19.3. The number of nitrogens with one attached hydrogen (secondary N) is 1. The van der Waals surface area contributed by atoms with Crippen LogP contribution >= 0.6 is 8.53 Å². The zero-order chi connectivity index (χ0) is 28.8. The lowest BCUT2D eigenvalue weighted by atomic mass is 10.1. The van der Waals surface area contributed by atoms with E-state index in [1.165, 1.54) is 17.2 Å². The van der Waals surface area contributed by atoms with Crippen molar-refractivity contribution in [3.05, 3.63) is 60.0 Å². The number of amides is 1. The van der Waals surface area contributed by atoms with Crippen LogP contribution in [0.25, 0.3) is 16.0 Å². The summed E-state index contributed by atoms with van der Waals surface area (Å²) < 4.78 is 38.3. The molecule has 5 atom stereocenters. The summed E-state index contributed by atoms with van der Waals surface area (Å²) in [5, 5.41) is 2.76. The van der Waals surface area contributed by atoms with E-state index in [0.29, 0.717) is 23.1 Å². The average molecular weight is 572 g/mol. The molecular weight excluding hydrogens is 536 g/mol. The minimum atomic E-state index is -1.66. The Hall–Kier alpha value is -3.07. The number of fused-ring (bicyclic) bond motifs is 1. The van der Waals surface area contributed by atoms with Crippen LogP contribution in [0.2, 0.25) is 0 Å². The Morgan fingerprint density at radius 1 is 1.23 bits per heavy atom. The Bertz CT molecular complexity index is 1310. The second-order valence-electron chi connectivity index (χ2n) is 9.87. The quantitative estimate of drug-likeness (QED) is 0.175. The minimum Gasteiger partial charge on any atom is -0.349 e. The highest BCUT2D eigenvalue weighted by molar-refractivity contribution is 7.44. The molecule has 4 rings (SSSR count). The first-order valence-electron chi connectivity index (χ1n) is 13.3. The van der Waals surface area contributed by atoms with Crippen LogP contribution in [0.15, 0.2) is 43.0 Å². The second kappa shape index (κ2) is 13.5.